The van der Waals surface area contributed by atoms with E-state index in [1.165, 1.54) is 12.3 Å². The van der Waals surface area contributed by atoms with Crippen LogP contribution in [0, 0.1) is 0 Å². The first-order chi connectivity index (χ1) is 13.5. The zero-order valence-corrected chi connectivity index (χ0v) is 16.5. The molecule has 0 radical (unpaired) electrons. The Morgan fingerprint density at radius 1 is 1.07 bits per heavy atom. The number of amides is 1. The highest BCUT2D eigenvalue weighted by atomic mass is 32.2. The van der Waals surface area contributed by atoms with E-state index in [1.54, 1.807) is 22.5 Å². The second kappa shape index (κ2) is 9.57. The van der Waals surface area contributed by atoms with Crippen molar-refractivity contribution < 1.29 is 17.6 Å². The summed E-state index contributed by atoms with van der Waals surface area (Å²) in [4.78, 5) is 13.9. The molecule has 0 unspecified atom stereocenters. The number of anilines is 1. The highest BCUT2D eigenvalue weighted by Crippen LogP contribution is 2.17. The van der Waals surface area contributed by atoms with Crippen LogP contribution in [0.1, 0.15) is 12.2 Å². The van der Waals surface area contributed by atoms with Crippen LogP contribution >= 0.6 is 0 Å². The summed E-state index contributed by atoms with van der Waals surface area (Å²) in [6.07, 6.45) is 4.85. The van der Waals surface area contributed by atoms with Crippen LogP contribution in [0.2, 0.25) is 0 Å². The topological polar surface area (TPSA) is 82.9 Å². The summed E-state index contributed by atoms with van der Waals surface area (Å²) in [5.74, 6) is 0.346. The number of benzene rings is 1. The fourth-order valence-electron chi connectivity index (χ4n) is 3.06. The van der Waals surface area contributed by atoms with E-state index in [9.17, 15) is 13.2 Å². The van der Waals surface area contributed by atoms with E-state index in [0.717, 1.165) is 5.69 Å². The van der Waals surface area contributed by atoms with Crippen molar-refractivity contribution in [1.29, 1.82) is 0 Å². The number of carbonyl (C=O) groups is 1. The molecule has 1 fully saturated rings. The molecule has 3 rings (SSSR count). The Morgan fingerprint density at radius 2 is 1.82 bits per heavy atom. The Balaban J connectivity index is 1.38. The molecule has 0 spiro atoms. The molecule has 1 saturated heterocycles. The predicted molar refractivity (Wildman–Crippen MR) is 109 cm³/mol. The molecule has 8 heteroatoms. The zero-order valence-electron chi connectivity index (χ0n) is 15.7. The van der Waals surface area contributed by atoms with E-state index >= 15 is 0 Å². The van der Waals surface area contributed by atoms with Crippen molar-refractivity contribution in [2.75, 3.05) is 43.4 Å². The molecule has 2 heterocycles. The van der Waals surface area contributed by atoms with E-state index in [1.807, 2.05) is 30.3 Å². The molecule has 0 aliphatic carbocycles. The molecule has 1 aromatic carbocycles. The van der Waals surface area contributed by atoms with Crippen LogP contribution in [0.3, 0.4) is 0 Å². The first-order valence-corrected chi connectivity index (χ1v) is 10.9. The van der Waals surface area contributed by atoms with Crippen molar-refractivity contribution in [1.82, 2.24) is 9.62 Å². The summed E-state index contributed by atoms with van der Waals surface area (Å²) in [6.45, 7) is 2.63. The lowest BCUT2D eigenvalue weighted by Crippen LogP contribution is -2.49. The average molecular weight is 404 g/mol. The Morgan fingerprint density at radius 3 is 2.50 bits per heavy atom. The number of hydrogen-bond acceptors (Lipinski definition) is 5. The van der Waals surface area contributed by atoms with Crippen LogP contribution in [-0.2, 0) is 14.8 Å². The second-order valence-electron chi connectivity index (χ2n) is 6.53. The maximum atomic E-state index is 12.5. The fraction of sp³-hybridized carbons (Fsp3) is 0.350. The second-order valence-corrected chi connectivity index (χ2v) is 8.62. The quantitative estimate of drug-likeness (QED) is 0.538. The molecule has 7 nitrogen and oxygen atoms in total. The van der Waals surface area contributed by atoms with Crippen LogP contribution in [0.25, 0.3) is 6.08 Å². The lowest BCUT2D eigenvalue weighted by Gasteiger charge is -2.35. The molecule has 150 valence electrons. The fourth-order valence-corrected chi connectivity index (χ4v) is 4.55. The minimum absolute atomic E-state index is 0.0283. The lowest BCUT2D eigenvalue weighted by molar-refractivity contribution is -0.116. The van der Waals surface area contributed by atoms with E-state index < -0.39 is 10.0 Å². The monoisotopic (exact) mass is 403 g/mol. The lowest BCUT2D eigenvalue weighted by atomic mass is 10.2. The normalized spacial score (nSPS) is 15.8. The molecule has 28 heavy (non-hydrogen) atoms. The van der Waals surface area contributed by atoms with Crippen molar-refractivity contribution in [3.05, 3.63) is 60.6 Å². The van der Waals surface area contributed by atoms with Gasteiger partial charge >= 0.3 is 0 Å². The maximum Gasteiger partial charge on any atom is 0.244 e. The van der Waals surface area contributed by atoms with Gasteiger partial charge in [-0.2, -0.15) is 4.31 Å². The molecular formula is C20H25N3O4S. The van der Waals surface area contributed by atoms with Crippen LogP contribution in [0.4, 0.5) is 5.69 Å². The van der Waals surface area contributed by atoms with Crippen LogP contribution in [0.5, 0.6) is 0 Å². The third-order valence-corrected chi connectivity index (χ3v) is 6.53. The summed E-state index contributed by atoms with van der Waals surface area (Å²) in [5.41, 5.74) is 1.12. The zero-order chi connectivity index (χ0) is 19.8. The molecule has 0 bridgehead atoms. The van der Waals surface area contributed by atoms with Crippen LogP contribution in [-0.4, -0.2) is 57.1 Å². The number of hydrogen-bond donors (Lipinski definition) is 1. The minimum Gasteiger partial charge on any atom is -0.465 e. The molecular weight excluding hydrogens is 378 g/mol. The molecule has 2 aromatic rings. The predicted octanol–water partition coefficient (Wildman–Crippen LogP) is 1.95. The van der Waals surface area contributed by atoms with Gasteiger partial charge in [0, 0.05) is 44.5 Å². The Hall–Kier alpha value is -2.58. The van der Waals surface area contributed by atoms with E-state index in [4.69, 9.17) is 4.42 Å². The van der Waals surface area contributed by atoms with E-state index in [2.05, 4.69) is 10.2 Å². The summed E-state index contributed by atoms with van der Waals surface area (Å²) in [5, 5.41) is 2.69. The van der Waals surface area contributed by atoms with Gasteiger partial charge in [-0.1, -0.05) is 18.2 Å². The van der Waals surface area contributed by atoms with Gasteiger partial charge in [0.25, 0.3) is 0 Å². The Bertz CT molecular complexity index is 871. The third-order valence-electron chi connectivity index (χ3n) is 4.57. The largest absolute Gasteiger partial charge is 0.465 e. The van der Waals surface area contributed by atoms with E-state index in [0.29, 0.717) is 44.9 Å². The van der Waals surface area contributed by atoms with Gasteiger partial charge in [-0.3, -0.25) is 4.79 Å². The van der Waals surface area contributed by atoms with E-state index in [-0.39, 0.29) is 11.7 Å². The number of para-hydroxylation sites is 1. The minimum atomic E-state index is -3.31. The first-order valence-electron chi connectivity index (χ1n) is 9.32. The van der Waals surface area contributed by atoms with Crippen molar-refractivity contribution >= 4 is 27.7 Å². The third kappa shape index (κ3) is 5.71. The van der Waals surface area contributed by atoms with Crippen molar-refractivity contribution in [3.63, 3.8) is 0 Å². The number of furan rings is 1. The summed E-state index contributed by atoms with van der Waals surface area (Å²) >= 11 is 0. The summed E-state index contributed by atoms with van der Waals surface area (Å²) in [6, 6.07) is 13.5. The van der Waals surface area contributed by atoms with Gasteiger partial charge < -0.3 is 14.6 Å². The number of piperazine rings is 1. The van der Waals surface area contributed by atoms with Gasteiger partial charge in [0.2, 0.25) is 15.9 Å². The number of carbonyl (C=O) groups excluding carboxylic acids is 1. The van der Waals surface area contributed by atoms with Crippen molar-refractivity contribution in [2.45, 2.75) is 6.42 Å². The molecule has 1 N–H and O–H groups in total. The highest BCUT2D eigenvalue weighted by Gasteiger charge is 2.26. The summed E-state index contributed by atoms with van der Waals surface area (Å²) in [7, 11) is -3.31. The molecule has 0 saturated carbocycles. The highest BCUT2D eigenvalue weighted by molar-refractivity contribution is 7.89. The Labute approximate surface area is 165 Å². The average Bonchev–Trinajstić information content (AvgIpc) is 3.24. The van der Waals surface area contributed by atoms with Crippen molar-refractivity contribution in [2.24, 2.45) is 0 Å². The van der Waals surface area contributed by atoms with Gasteiger partial charge in [0.05, 0.1) is 12.0 Å². The molecule has 1 amide bonds. The maximum absolute atomic E-state index is 12.5. The number of nitrogens with zero attached hydrogens (tertiary/aromatic N) is 2. The molecule has 1 aliphatic heterocycles. The van der Waals surface area contributed by atoms with Gasteiger partial charge in [-0.25, -0.2) is 8.42 Å². The molecule has 1 aromatic heterocycles. The number of nitrogens with one attached hydrogen (secondary N) is 1. The first kappa shape index (κ1) is 20.2. The SMILES string of the molecule is O=C(C=Cc1ccco1)NCCCS(=O)(=O)N1CCN(c2ccccc2)CC1. The van der Waals surface area contributed by atoms with Crippen LogP contribution in [0.15, 0.2) is 59.2 Å². The van der Waals surface area contributed by atoms with Crippen molar-refractivity contribution in [3.8, 4) is 0 Å². The van der Waals surface area contributed by atoms with Gasteiger partial charge in [0.1, 0.15) is 5.76 Å². The molecule has 1 aliphatic rings. The molecule has 0 atom stereocenters. The number of rotatable bonds is 8. The van der Waals surface area contributed by atoms with Gasteiger partial charge in [0.15, 0.2) is 0 Å². The van der Waals surface area contributed by atoms with Gasteiger partial charge in [-0.05, 0) is 36.8 Å². The standard InChI is InChI=1S/C20H25N3O4S/c24-20(10-9-19-8-4-16-27-19)21-11-5-17-28(25,26)23-14-12-22(13-15-23)18-6-2-1-3-7-18/h1-4,6-10,16H,5,11-15,17H2,(H,21,24). The smallest absolute Gasteiger partial charge is 0.244 e. The van der Waals surface area contributed by atoms with Gasteiger partial charge in [-0.15, -0.1) is 0 Å². The Kier molecular flexibility index (Phi) is 6.89. The summed E-state index contributed by atoms with van der Waals surface area (Å²) < 4.78 is 31.7. The van der Waals surface area contributed by atoms with Crippen LogP contribution < -0.4 is 10.2 Å². The number of sulfonamides is 1.